The Morgan fingerprint density at radius 1 is 1.25 bits per heavy atom. The number of hydrogen-bond acceptors (Lipinski definition) is 2. The Morgan fingerprint density at radius 3 is 2.65 bits per heavy atom. The Morgan fingerprint density at radius 2 is 2.00 bits per heavy atom. The maximum Gasteiger partial charge on any atom is 0.142 e. The van der Waals surface area contributed by atoms with Crippen LogP contribution in [0.3, 0.4) is 0 Å². The molecule has 106 valence electrons. The van der Waals surface area contributed by atoms with Gasteiger partial charge in [-0.15, -0.1) is 0 Å². The second-order valence-electron chi connectivity index (χ2n) is 5.07. The van der Waals surface area contributed by atoms with Crippen molar-refractivity contribution in [3.05, 3.63) is 64.4 Å². The first-order chi connectivity index (χ1) is 9.42. The van der Waals surface area contributed by atoms with Crippen molar-refractivity contribution in [2.24, 2.45) is 5.73 Å². The quantitative estimate of drug-likeness (QED) is 0.928. The van der Waals surface area contributed by atoms with Gasteiger partial charge in [-0.3, -0.25) is 0 Å². The van der Waals surface area contributed by atoms with E-state index in [0.717, 1.165) is 16.9 Å². The van der Waals surface area contributed by atoms with Gasteiger partial charge in [-0.25, -0.2) is 4.39 Å². The van der Waals surface area contributed by atoms with Crippen LogP contribution in [0.5, 0.6) is 5.75 Å². The van der Waals surface area contributed by atoms with E-state index in [4.69, 9.17) is 22.1 Å². The molecule has 0 aliphatic carbocycles. The predicted molar refractivity (Wildman–Crippen MR) is 79.6 cm³/mol. The van der Waals surface area contributed by atoms with Crippen LogP contribution in [-0.4, -0.2) is 7.11 Å². The number of halogens is 2. The smallest absolute Gasteiger partial charge is 0.142 e. The van der Waals surface area contributed by atoms with E-state index >= 15 is 0 Å². The highest BCUT2D eigenvalue weighted by atomic mass is 35.5. The first-order valence-electron chi connectivity index (χ1n) is 6.30. The fourth-order valence-electron chi connectivity index (χ4n) is 2.15. The van der Waals surface area contributed by atoms with Gasteiger partial charge in [-0.1, -0.05) is 29.8 Å². The van der Waals surface area contributed by atoms with E-state index in [0.29, 0.717) is 6.42 Å². The standard InChI is InChI=1S/C16H17ClFNO/c1-16(19,12-4-3-5-13(9-12)20-2)10-11-6-7-14(17)15(18)8-11/h3-9H,10,19H2,1-2H3. The number of nitrogens with two attached hydrogens (primary N) is 1. The normalized spacial score (nSPS) is 13.8. The summed E-state index contributed by atoms with van der Waals surface area (Å²) in [6, 6.07) is 12.3. The molecule has 0 radical (unpaired) electrons. The highest BCUT2D eigenvalue weighted by molar-refractivity contribution is 6.30. The molecule has 2 aromatic rings. The maximum atomic E-state index is 13.5. The zero-order chi connectivity index (χ0) is 14.8. The number of ether oxygens (including phenoxy) is 1. The third-order valence-corrected chi connectivity index (χ3v) is 3.59. The van der Waals surface area contributed by atoms with Crippen LogP contribution in [0, 0.1) is 5.82 Å². The van der Waals surface area contributed by atoms with Crippen LogP contribution in [0.15, 0.2) is 42.5 Å². The molecule has 0 aliphatic rings. The largest absolute Gasteiger partial charge is 0.497 e. The lowest BCUT2D eigenvalue weighted by atomic mass is 9.86. The van der Waals surface area contributed by atoms with Crippen molar-refractivity contribution >= 4 is 11.6 Å². The van der Waals surface area contributed by atoms with Crippen LogP contribution in [-0.2, 0) is 12.0 Å². The lowest BCUT2D eigenvalue weighted by Gasteiger charge is -2.26. The van der Waals surface area contributed by atoms with E-state index in [1.165, 1.54) is 6.07 Å². The molecule has 0 saturated heterocycles. The van der Waals surface area contributed by atoms with Gasteiger partial charge in [0.15, 0.2) is 0 Å². The van der Waals surface area contributed by atoms with Crippen molar-refractivity contribution in [2.75, 3.05) is 7.11 Å². The molecule has 1 unspecified atom stereocenters. The highest BCUT2D eigenvalue weighted by Crippen LogP contribution is 2.27. The van der Waals surface area contributed by atoms with Gasteiger partial charge in [-0.05, 0) is 48.7 Å². The molecule has 0 bridgehead atoms. The van der Waals surface area contributed by atoms with Crippen molar-refractivity contribution in [3.63, 3.8) is 0 Å². The van der Waals surface area contributed by atoms with E-state index in [1.807, 2.05) is 31.2 Å². The van der Waals surface area contributed by atoms with Gasteiger partial charge in [-0.2, -0.15) is 0 Å². The molecule has 0 amide bonds. The zero-order valence-electron chi connectivity index (χ0n) is 11.5. The summed E-state index contributed by atoms with van der Waals surface area (Å²) in [6.45, 7) is 1.91. The lowest BCUT2D eigenvalue weighted by Crippen LogP contribution is -2.35. The first-order valence-corrected chi connectivity index (χ1v) is 6.67. The fourth-order valence-corrected chi connectivity index (χ4v) is 2.27. The second kappa shape index (κ2) is 5.81. The van der Waals surface area contributed by atoms with Crippen molar-refractivity contribution < 1.29 is 9.13 Å². The summed E-state index contributed by atoms with van der Waals surface area (Å²) >= 11 is 5.69. The monoisotopic (exact) mass is 293 g/mol. The van der Waals surface area contributed by atoms with Crippen LogP contribution in [0.2, 0.25) is 5.02 Å². The number of hydrogen-bond donors (Lipinski definition) is 1. The molecule has 0 aliphatic heterocycles. The molecular formula is C16H17ClFNO. The van der Waals surface area contributed by atoms with Crippen LogP contribution >= 0.6 is 11.6 Å². The molecule has 1 atom stereocenters. The van der Waals surface area contributed by atoms with Crippen molar-refractivity contribution in [2.45, 2.75) is 18.9 Å². The lowest BCUT2D eigenvalue weighted by molar-refractivity contribution is 0.410. The van der Waals surface area contributed by atoms with Crippen molar-refractivity contribution in [1.82, 2.24) is 0 Å². The molecule has 0 aromatic heterocycles. The van der Waals surface area contributed by atoms with Crippen molar-refractivity contribution in [1.29, 1.82) is 0 Å². The Hall–Kier alpha value is -1.58. The molecule has 4 heteroatoms. The molecule has 2 rings (SSSR count). The topological polar surface area (TPSA) is 35.2 Å². The number of rotatable bonds is 4. The zero-order valence-corrected chi connectivity index (χ0v) is 12.2. The third-order valence-electron chi connectivity index (χ3n) is 3.28. The fraction of sp³-hybridized carbons (Fsp3) is 0.250. The summed E-state index contributed by atoms with van der Waals surface area (Å²) in [5.74, 6) is 0.326. The number of benzene rings is 2. The minimum atomic E-state index is -0.616. The summed E-state index contributed by atoms with van der Waals surface area (Å²) in [5, 5.41) is 0.119. The average molecular weight is 294 g/mol. The van der Waals surface area contributed by atoms with Gasteiger partial charge in [0.2, 0.25) is 0 Å². The van der Waals surface area contributed by atoms with E-state index in [-0.39, 0.29) is 5.02 Å². The predicted octanol–water partition coefficient (Wildman–Crippen LogP) is 3.90. The first kappa shape index (κ1) is 14.8. The van der Waals surface area contributed by atoms with Gasteiger partial charge in [0.1, 0.15) is 11.6 Å². The molecule has 20 heavy (non-hydrogen) atoms. The SMILES string of the molecule is COc1cccc(C(C)(N)Cc2ccc(Cl)c(F)c2)c1. The summed E-state index contributed by atoms with van der Waals surface area (Å²) < 4.78 is 18.7. The third kappa shape index (κ3) is 3.30. The van der Waals surface area contributed by atoms with E-state index in [9.17, 15) is 4.39 Å². The van der Waals surface area contributed by atoms with Gasteiger partial charge in [0.25, 0.3) is 0 Å². The molecule has 0 saturated carbocycles. The number of methoxy groups -OCH3 is 1. The van der Waals surface area contributed by atoms with E-state index < -0.39 is 11.4 Å². The van der Waals surface area contributed by atoms with Crippen molar-refractivity contribution in [3.8, 4) is 5.75 Å². The minimum absolute atomic E-state index is 0.119. The summed E-state index contributed by atoms with van der Waals surface area (Å²) in [5.41, 5.74) is 7.50. The maximum absolute atomic E-state index is 13.5. The van der Waals surface area contributed by atoms with Gasteiger partial charge in [0, 0.05) is 5.54 Å². The van der Waals surface area contributed by atoms with Gasteiger partial charge >= 0.3 is 0 Å². The average Bonchev–Trinajstić information content (AvgIpc) is 2.43. The van der Waals surface area contributed by atoms with Crippen LogP contribution in [0.4, 0.5) is 4.39 Å². The second-order valence-corrected chi connectivity index (χ2v) is 5.48. The molecule has 0 spiro atoms. The summed E-state index contributed by atoms with van der Waals surface area (Å²) in [6.07, 6.45) is 0.508. The molecule has 0 heterocycles. The van der Waals surface area contributed by atoms with E-state index in [1.54, 1.807) is 19.2 Å². The van der Waals surface area contributed by atoms with Crippen LogP contribution in [0.1, 0.15) is 18.1 Å². The van der Waals surface area contributed by atoms with Gasteiger partial charge < -0.3 is 10.5 Å². The molecule has 2 N–H and O–H groups in total. The van der Waals surface area contributed by atoms with E-state index in [2.05, 4.69) is 0 Å². The molecule has 0 fully saturated rings. The van der Waals surface area contributed by atoms with Gasteiger partial charge in [0.05, 0.1) is 12.1 Å². The minimum Gasteiger partial charge on any atom is -0.497 e. The Kier molecular flexibility index (Phi) is 4.31. The molecule has 2 nitrogen and oxygen atoms in total. The summed E-state index contributed by atoms with van der Waals surface area (Å²) in [4.78, 5) is 0. The van der Waals surface area contributed by atoms with Crippen LogP contribution < -0.4 is 10.5 Å². The van der Waals surface area contributed by atoms with Crippen LogP contribution in [0.25, 0.3) is 0 Å². The molecular weight excluding hydrogens is 277 g/mol. The highest BCUT2D eigenvalue weighted by Gasteiger charge is 2.22. The Labute approximate surface area is 123 Å². The Bertz CT molecular complexity index is 613. The summed E-state index contributed by atoms with van der Waals surface area (Å²) in [7, 11) is 1.61. The Balaban J connectivity index is 2.27. The molecule has 2 aromatic carbocycles.